The molecule has 1 aromatic heterocycles. The number of amides is 1. The zero-order chi connectivity index (χ0) is 13.1. The van der Waals surface area contributed by atoms with Crippen molar-refractivity contribution < 1.29 is 4.79 Å². The second-order valence-corrected chi connectivity index (χ2v) is 5.73. The van der Waals surface area contributed by atoms with Crippen LogP contribution in [0.3, 0.4) is 0 Å². The summed E-state index contributed by atoms with van der Waals surface area (Å²) in [7, 11) is 0. The predicted molar refractivity (Wildman–Crippen MR) is 76.5 cm³/mol. The van der Waals surface area contributed by atoms with Gasteiger partial charge in [-0.2, -0.15) is 0 Å². The van der Waals surface area contributed by atoms with Crippen LogP contribution in [0, 0.1) is 0 Å². The minimum atomic E-state index is 0.0908. The van der Waals surface area contributed by atoms with E-state index in [2.05, 4.69) is 17.1 Å². The van der Waals surface area contributed by atoms with E-state index in [0.29, 0.717) is 5.69 Å². The number of nitrogens with zero attached hydrogens (tertiary/aromatic N) is 2. The molecule has 4 heteroatoms. The largest absolute Gasteiger partial charge is 0.337 e. The van der Waals surface area contributed by atoms with Crippen LogP contribution in [0.1, 0.15) is 33.9 Å². The Morgan fingerprint density at radius 3 is 2.68 bits per heavy atom. The number of aromatic nitrogens is 1. The van der Waals surface area contributed by atoms with Gasteiger partial charge in [-0.05, 0) is 18.4 Å². The lowest BCUT2D eigenvalue weighted by Gasteiger charge is -2.12. The molecule has 2 aromatic rings. The van der Waals surface area contributed by atoms with Crippen molar-refractivity contribution in [2.45, 2.75) is 19.3 Å². The number of carbonyl (C=O) groups excluding carboxylic acids is 1. The molecule has 3 nitrogen and oxygen atoms in total. The first kappa shape index (κ1) is 12.4. The summed E-state index contributed by atoms with van der Waals surface area (Å²) in [5.41, 5.74) is 1.84. The molecule has 1 amide bonds. The van der Waals surface area contributed by atoms with Crippen molar-refractivity contribution in [3.05, 3.63) is 52.0 Å². The van der Waals surface area contributed by atoms with Crippen LogP contribution in [0.2, 0.25) is 0 Å². The molecule has 98 valence electrons. The summed E-state index contributed by atoms with van der Waals surface area (Å²) in [6.07, 6.45) is 3.04. The highest BCUT2D eigenvalue weighted by Crippen LogP contribution is 2.18. The number of hydrogen-bond donors (Lipinski definition) is 0. The smallest absolute Gasteiger partial charge is 0.273 e. The molecule has 0 aliphatic carbocycles. The Morgan fingerprint density at radius 1 is 1.21 bits per heavy atom. The van der Waals surface area contributed by atoms with E-state index in [1.165, 1.54) is 5.56 Å². The Labute approximate surface area is 116 Å². The molecule has 0 saturated carbocycles. The van der Waals surface area contributed by atoms with Gasteiger partial charge < -0.3 is 4.90 Å². The number of benzene rings is 1. The van der Waals surface area contributed by atoms with Crippen LogP contribution in [0.4, 0.5) is 0 Å². The van der Waals surface area contributed by atoms with Gasteiger partial charge in [-0.1, -0.05) is 30.3 Å². The van der Waals surface area contributed by atoms with Crippen LogP contribution >= 0.6 is 11.3 Å². The number of hydrogen-bond acceptors (Lipinski definition) is 3. The monoisotopic (exact) mass is 272 g/mol. The summed E-state index contributed by atoms with van der Waals surface area (Å²) in [5, 5.41) is 2.90. The minimum absolute atomic E-state index is 0.0908. The standard InChI is InChI=1S/C15H16N2OS/c18-15(17-8-4-5-9-17)13-11-19-14(16-13)10-12-6-2-1-3-7-12/h1-3,6-7,11H,4-5,8-10H2. The summed E-state index contributed by atoms with van der Waals surface area (Å²) in [4.78, 5) is 18.6. The van der Waals surface area contributed by atoms with Gasteiger partial charge in [0.05, 0.1) is 5.01 Å². The highest BCUT2D eigenvalue weighted by molar-refractivity contribution is 7.09. The summed E-state index contributed by atoms with van der Waals surface area (Å²) < 4.78 is 0. The van der Waals surface area contributed by atoms with Gasteiger partial charge in [0, 0.05) is 24.9 Å². The minimum Gasteiger partial charge on any atom is -0.337 e. The lowest BCUT2D eigenvalue weighted by atomic mass is 10.2. The molecular formula is C15H16N2OS. The molecule has 0 unspecified atom stereocenters. The third-order valence-corrected chi connectivity index (χ3v) is 4.21. The first-order valence-electron chi connectivity index (χ1n) is 6.60. The van der Waals surface area contributed by atoms with Crippen molar-refractivity contribution in [2.24, 2.45) is 0 Å². The molecule has 19 heavy (non-hydrogen) atoms. The van der Waals surface area contributed by atoms with E-state index in [-0.39, 0.29) is 5.91 Å². The molecule has 1 aliphatic heterocycles. The summed E-state index contributed by atoms with van der Waals surface area (Å²) in [6.45, 7) is 1.76. The van der Waals surface area contributed by atoms with Gasteiger partial charge >= 0.3 is 0 Å². The summed E-state index contributed by atoms with van der Waals surface area (Å²) in [6, 6.07) is 10.2. The van der Waals surface area contributed by atoms with Crippen molar-refractivity contribution in [3.8, 4) is 0 Å². The van der Waals surface area contributed by atoms with Crippen LogP contribution in [0.25, 0.3) is 0 Å². The van der Waals surface area contributed by atoms with E-state index < -0.39 is 0 Å². The number of rotatable bonds is 3. The molecule has 1 saturated heterocycles. The summed E-state index contributed by atoms with van der Waals surface area (Å²) in [5.74, 6) is 0.0908. The molecule has 0 bridgehead atoms. The van der Waals surface area contributed by atoms with Crippen molar-refractivity contribution >= 4 is 17.2 Å². The lowest BCUT2D eigenvalue weighted by molar-refractivity contribution is 0.0787. The normalized spacial score (nSPS) is 14.8. The van der Waals surface area contributed by atoms with E-state index in [1.54, 1.807) is 11.3 Å². The van der Waals surface area contributed by atoms with E-state index in [9.17, 15) is 4.79 Å². The maximum atomic E-state index is 12.2. The van der Waals surface area contributed by atoms with Crippen molar-refractivity contribution in [1.29, 1.82) is 0 Å². The van der Waals surface area contributed by atoms with Crippen LogP contribution < -0.4 is 0 Å². The Hall–Kier alpha value is -1.68. The van der Waals surface area contributed by atoms with E-state index in [4.69, 9.17) is 0 Å². The average molecular weight is 272 g/mol. The van der Waals surface area contributed by atoms with Crippen LogP contribution in [0.5, 0.6) is 0 Å². The Bertz CT molecular complexity index is 559. The maximum Gasteiger partial charge on any atom is 0.273 e. The number of thiazole rings is 1. The van der Waals surface area contributed by atoms with Gasteiger partial charge in [-0.25, -0.2) is 4.98 Å². The zero-order valence-corrected chi connectivity index (χ0v) is 11.5. The molecule has 0 radical (unpaired) electrons. The molecule has 1 aromatic carbocycles. The van der Waals surface area contributed by atoms with Gasteiger partial charge in [-0.15, -0.1) is 11.3 Å². The maximum absolute atomic E-state index is 12.2. The quantitative estimate of drug-likeness (QED) is 0.860. The van der Waals surface area contributed by atoms with Crippen molar-refractivity contribution in [1.82, 2.24) is 9.88 Å². The SMILES string of the molecule is O=C(c1csc(Cc2ccccc2)n1)N1CCCC1. The lowest BCUT2D eigenvalue weighted by Crippen LogP contribution is -2.27. The first-order chi connectivity index (χ1) is 9.33. The Balaban J connectivity index is 1.71. The van der Waals surface area contributed by atoms with Crippen LogP contribution in [-0.2, 0) is 6.42 Å². The molecular weight excluding hydrogens is 256 g/mol. The third kappa shape index (κ3) is 2.84. The van der Waals surface area contributed by atoms with Crippen LogP contribution in [-0.4, -0.2) is 28.9 Å². The van der Waals surface area contributed by atoms with E-state index >= 15 is 0 Å². The topological polar surface area (TPSA) is 33.2 Å². The fourth-order valence-corrected chi connectivity index (χ4v) is 3.15. The summed E-state index contributed by atoms with van der Waals surface area (Å²) >= 11 is 1.57. The second kappa shape index (κ2) is 5.53. The zero-order valence-electron chi connectivity index (χ0n) is 10.7. The van der Waals surface area contributed by atoms with Crippen molar-refractivity contribution in [2.75, 3.05) is 13.1 Å². The van der Waals surface area contributed by atoms with Gasteiger partial charge in [0.1, 0.15) is 5.69 Å². The average Bonchev–Trinajstić information content (AvgIpc) is 3.10. The molecule has 0 atom stereocenters. The third-order valence-electron chi connectivity index (χ3n) is 3.36. The number of carbonyl (C=O) groups is 1. The Morgan fingerprint density at radius 2 is 1.95 bits per heavy atom. The van der Waals surface area contributed by atoms with Gasteiger partial charge in [0.25, 0.3) is 5.91 Å². The van der Waals surface area contributed by atoms with Gasteiger partial charge in [0.15, 0.2) is 0 Å². The first-order valence-corrected chi connectivity index (χ1v) is 7.48. The molecule has 1 fully saturated rings. The highest BCUT2D eigenvalue weighted by atomic mass is 32.1. The predicted octanol–water partition coefficient (Wildman–Crippen LogP) is 2.97. The fourth-order valence-electron chi connectivity index (χ4n) is 2.34. The molecule has 3 rings (SSSR count). The second-order valence-electron chi connectivity index (χ2n) is 4.79. The molecule has 0 N–H and O–H groups in total. The Kier molecular flexibility index (Phi) is 3.60. The highest BCUT2D eigenvalue weighted by Gasteiger charge is 2.21. The van der Waals surface area contributed by atoms with Crippen molar-refractivity contribution in [3.63, 3.8) is 0 Å². The van der Waals surface area contributed by atoms with E-state index in [0.717, 1.165) is 37.4 Å². The van der Waals surface area contributed by atoms with Gasteiger partial charge in [0.2, 0.25) is 0 Å². The van der Waals surface area contributed by atoms with Crippen LogP contribution in [0.15, 0.2) is 35.7 Å². The van der Waals surface area contributed by atoms with Gasteiger partial charge in [-0.3, -0.25) is 4.79 Å². The molecule has 1 aliphatic rings. The van der Waals surface area contributed by atoms with E-state index in [1.807, 2.05) is 28.5 Å². The number of likely N-dealkylation sites (tertiary alicyclic amines) is 1. The fraction of sp³-hybridized carbons (Fsp3) is 0.333. The molecule has 2 heterocycles. The molecule has 0 spiro atoms.